The summed E-state index contributed by atoms with van der Waals surface area (Å²) in [4.78, 5) is 24.9. The van der Waals surface area contributed by atoms with E-state index in [1.165, 1.54) is 38.3 Å². The van der Waals surface area contributed by atoms with Gasteiger partial charge in [-0.3, -0.25) is 4.79 Å². The van der Waals surface area contributed by atoms with Gasteiger partial charge in [0.05, 0.1) is 7.11 Å². The topological polar surface area (TPSA) is 64.6 Å². The minimum atomic E-state index is -2.51. The fourth-order valence-electron chi connectivity index (χ4n) is 2.22. The zero-order chi connectivity index (χ0) is 20.0. The van der Waals surface area contributed by atoms with E-state index in [9.17, 15) is 18.4 Å². The molecule has 8 heteroatoms. The van der Waals surface area contributed by atoms with Crippen molar-refractivity contribution in [1.82, 2.24) is 0 Å². The van der Waals surface area contributed by atoms with E-state index in [1.54, 1.807) is 18.2 Å². The molecule has 0 spiro atoms. The van der Waals surface area contributed by atoms with Crippen LogP contribution < -0.4 is 10.1 Å². The standard InChI is InChI=1S/C19H19F2NO4S/c1-11-4-9-16(25-3)15(10-11)18(24)26-12(2)17(23)22-13-5-7-14(8-6-13)27-19(20)21/h4-10,12,19H,1-3H3,(H,22,23)/t12-/m0/s1. The number of hydrogen-bond donors (Lipinski definition) is 1. The van der Waals surface area contributed by atoms with Gasteiger partial charge in [0.1, 0.15) is 11.3 Å². The lowest BCUT2D eigenvalue weighted by atomic mass is 10.1. The lowest BCUT2D eigenvalue weighted by molar-refractivity contribution is -0.123. The van der Waals surface area contributed by atoms with Gasteiger partial charge in [-0.15, -0.1) is 0 Å². The molecule has 0 heterocycles. The summed E-state index contributed by atoms with van der Waals surface area (Å²) < 4.78 is 35.0. The van der Waals surface area contributed by atoms with Crippen molar-refractivity contribution in [2.24, 2.45) is 0 Å². The molecule has 1 N–H and O–H groups in total. The number of alkyl halides is 2. The van der Waals surface area contributed by atoms with E-state index < -0.39 is 23.7 Å². The number of rotatable bonds is 7. The van der Waals surface area contributed by atoms with Gasteiger partial charge in [-0.05, 0) is 50.2 Å². The van der Waals surface area contributed by atoms with Crippen molar-refractivity contribution in [1.29, 1.82) is 0 Å². The molecule has 2 rings (SSSR count). The summed E-state index contributed by atoms with van der Waals surface area (Å²) >= 11 is 0.416. The number of halogens is 2. The first-order valence-electron chi connectivity index (χ1n) is 8.01. The van der Waals surface area contributed by atoms with Crippen LogP contribution in [0.15, 0.2) is 47.4 Å². The number of ether oxygens (including phenoxy) is 2. The van der Waals surface area contributed by atoms with Gasteiger partial charge in [0, 0.05) is 10.6 Å². The summed E-state index contributed by atoms with van der Waals surface area (Å²) in [5.41, 5.74) is 1.49. The van der Waals surface area contributed by atoms with Gasteiger partial charge in [0.15, 0.2) is 6.10 Å². The van der Waals surface area contributed by atoms with Crippen molar-refractivity contribution in [3.63, 3.8) is 0 Å². The summed E-state index contributed by atoms with van der Waals surface area (Å²) in [6, 6.07) is 11.0. The molecule has 0 aliphatic carbocycles. The highest BCUT2D eigenvalue weighted by molar-refractivity contribution is 7.99. The third-order valence-corrected chi connectivity index (χ3v) is 4.30. The number of methoxy groups -OCH3 is 1. The quantitative estimate of drug-likeness (QED) is 0.552. The Morgan fingerprint density at radius 3 is 2.37 bits per heavy atom. The second-order valence-electron chi connectivity index (χ2n) is 5.64. The molecule has 0 bridgehead atoms. The van der Waals surface area contributed by atoms with Gasteiger partial charge in [-0.1, -0.05) is 23.4 Å². The van der Waals surface area contributed by atoms with Crippen molar-refractivity contribution in [3.8, 4) is 5.75 Å². The predicted octanol–water partition coefficient (Wildman–Crippen LogP) is 4.50. The number of aryl methyl sites for hydroxylation is 1. The molecule has 1 atom stereocenters. The molecular weight excluding hydrogens is 376 g/mol. The summed E-state index contributed by atoms with van der Waals surface area (Å²) in [6.45, 7) is 3.26. The summed E-state index contributed by atoms with van der Waals surface area (Å²) in [5, 5.41) is 2.57. The number of carbonyl (C=O) groups excluding carboxylic acids is 2. The number of carbonyl (C=O) groups is 2. The van der Waals surface area contributed by atoms with Crippen molar-refractivity contribution < 1.29 is 27.8 Å². The van der Waals surface area contributed by atoms with E-state index in [1.807, 2.05) is 6.92 Å². The maximum Gasteiger partial charge on any atom is 0.342 e. The molecule has 0 aromatic heterocycles. The molecule has 0 radical (unpaired) electrons. The lowest BCUT2D eigenvalue weighted by Crippen LogP contribution is -2.30. The Hall–Kier alpha value is -2.61. The number of esters is 1. The zero-order valence-electron chi connectivity index (χ0n) is 15.0. The van der Waals surface area contributed by atoms with Crippen LogP contribution in [0.3, 0.4) is 0 Å². The molecule has 144 valence electrons. The van der Waals surface area contributed by atoms with Crippen molar-refractivity contribution >= 4 is 29.3 Å². The average molecular weight is 395 g/mol. The third-order valence-electron chi connectivity index (χ3n) is 3.57. The molecule has 5 nitrogen and oxygen atoms in total. The molecule has 27 heavy (non-hydrogen) atoms. The first kappa shape index (κ1) is 20.7. The number of hydrogen-bond acceptors (Lipinski definition) is 5. The second-order valence-corrected chi connectivity index (χ2v) is 6.71. The second kappa shape index (κ2) is 9.36. The smallest absolute Gasteiger partial charge is 0.342 e. The Morgan fingerprint density at radius 1 is 1.11 bits per heavy atom. The monoisotopic (exact) mass is 395 g/mol. The van der Waals surface area contributed by atoms with Crippen LogP contribution in [0.1, 0.15) is 22.8 Å². The Morgan fingerprint density at radius 2 is 1.78 bits per heavy atom. The Bertz CT molecular complexity index is 812. The molecule has 0 saturated heterocycles. The molecule has 0 saturated carbocycles. The van der Waals surface area contributed by atoms with Gasteiger partial charge < -0.3 is 14.8 Å². The first-order valence-corrected chi connectivity index (χ1v) is 8.89. The van der Waals surface area contributed by atoms with Gasteiger partial charge in [-0.2, -0.15) is 8.78 Å². The maximum absolute atomic E-state index is 12.3. The number of anilines is 1. The van der Waals surface area contributed by atoms with Crippen molar-refractivity contribution in [3.05, 3.63) is 53.6 Å². The van der Waals surface area contributed by atoms with Crippen LogP contribution in [-0.4, -0.2) is 30.8 Å². The van der Waals surface area contributed by atoms with Crippen LogP contribution in [0.25, 0.3) is 0 Å². The number of benzene rings is 2. The van der Waals surface area contributed by atoms with E-state index in [0.717, 1.165) is 5.56 Å². The zero-order valence-corrected chi connectivity index (χ0v) is 15.8. The van der Waals surface area contributed by atoms with Crippen LogP contribution in [0.2, 0.25) is 0 Å². The van der Waals surface area contributed by atoms with Crippen molar-refractivity contribution in [2.45, 2.75) is 30.6 Å². The fourth-order valence-corrected chi connectivity index (χ4v) is 2.72. The number of amides is 1. The molecule has 1 amide bonds. The molecule has 2 aromatic rings. The predicted molar refractivity (Wildman–Crippen MR) is 99.5 cm³/mol. The highest BCUT2D eigenvalue weighted by atomic mass is 32.2. The van der Waals surface area contributed by atoms with E-state index >= 15 is 0 Å². The Labute approximate surface area is 160 Å². The van der Waals surface area contributed by atoms with Crippen LogP contribution >= 0.6 is 11.8 Å². The largest absolute Gasteiger partial charge is 0.496 e. The molecule has 2 aromatic carbocycles. The van der Waals surface area contributed by atoms with Crippen LogP contribution in [0.4, 0.5) is 14.5 Å². The number of nitrogens with one attached hydrogen (secondary N) is 1. The molecule has 0 unspecified atom stereocenters. The minimum absolute atomic E-state index is 0.227. The fraction of sp³-hybridized carbons (Fsp3) is 0.263. The average Bonchev–Trinajstić information content (AvgIpc) is 2.62. The molecule has 0 fully saturated rings. The highest BCUT2D eigenvalue weighted by Gasteiger charge is 2.21. The van der Waals surface area contributed by atoms with Gasteiger partial charge in [0.2, 0.25) is 0 Å². The van der Waals surface area contributed by atoms with Gasteiger partial charge in [-0.25, -0.2) is 4.79 Å². The maximum atomic E-state index is 12.3. The van der Waals surface area contributed by atoms with E-state index in [2.05, 4.69) is 5.32 Å². The summed E-state index contributed by atoms with van der Waals surface area (Å²) in [7, 11) is 1.44. The lowest BCUT2D eigenvalue weighted by Gasteiger charge is -2.15. The van der Waals surface area contributed by atoms with Crippen LogP contribution in [0.5, 0.6) is 5.75 Å². The van der Waals surface area contributed by atoms with E-state index in [0.29, 0.717) is 28.1 Å². The van der Waals surface area contributed by atoms with Crippen LogP contribution in [-0.2, 0) is 9.53 Å². The third kappa shape index (κ3) is 5.96. The molecule has 0 aliphatic heterocycles. The molecule has 0 aliphatic rings. The van der Waals surface area contributed by atoms with Gasteiger partial charge in [0.25, 0.3) is 11.7 Å². The van der Waals surface area contributed by atoms with Crippen molar-refractivity contribution in [2.75, 3.05) is 12.4 Å². The van der Waals surface area contributed by atoms with E-state index in [4.69, 9.17) is 9.47 Å². The minimum Gasteiger partial charge on any atom is -0.496 e. The first-order chi connectivity index (χ1) is 12.8. The Kier molecular flexibility index (Phi) is 7.18. The summed E-state index contributed by atoms with van der Waals surface area (Å²) in [6.07, 6.45) is -1.06. The van der Waals surface area contributed by atoms with Gasteiger partial charge >= 0.3 is 5.97 Å². The number of thioether (sulfide) groups is 1. The Balaban J connectivity index is 1.99. The normalized spacial score (nSPS) is 11.8. The van der Waals surface area contributed by atoms with Crippen LogP contribution in [0, 0.1) is 6.92 Å². The van der Waals surface area contributed by atoms with E-state index in [-0.39, 0.29) is 5.56 Å². The molecular formula is C19H19F2NO4S. The highest BCUT2D eigenvalue weighted by Crippen LogP contribution is 2.26. The SMILES string of the molecule is COc1ccc(C)cc1C(=O)O[C@@H](C)C(=O)Nc1ccc(SC(F)F)cc1. The summed E-state index contributed by atoms with van der Waals surface area (Å²) in [5.74, 6) is -3.38.